The van der Waals surface area contributed by atoms with Gasteiger partial charge in [-0.05, 0) is 74.8 Å². The van der Waals surface area contributed by atoms with Crippen molar-refractivity contribution in [3.63, 3.8) is 0 Å². The molecule has 8 atom stereocenters. The van der Waals surface area contributed by atoms with Gasteiger partial charge in [0.05, 0.1) is 18.2 Å². The Morgan fingerprint density at radius 3 is 2.06 bits per heavy atom. The molecule has 0 radical (unpaired) electrons. The smallest absolute Gasteiger partial charge is 0.338 e. The molecule has 0 bridgehead atoms. The lowest BCUT2D eigenvalue weighted by Crippen LogP contribution is -2.99. The Morgan fingerprint density at radius 2 is 1.50 bits per heavy atom. The molecule has 2 aromatic carbocycles. The van der Waals surface area contributed by atoms with Crippen LogP contribution in [-0.4, -0.2) is 48.1 Å². The molecule has 0 amide bonds. The Labute approximate surface area is 279 Å². The van der Waals surface area contributed by atoms with E-state index < -0.39 is 34.5 Å². The summed E-state index contributed by atoms with van der Waals surface area (Å²) in [6, 6.07) is 11.2. The Balaban J connectivity index is 1.58. The number of quaternary nitrogens is 2. The minimum atomic E-state index is -1.08. The maximum absolute atomic E-state index is 13.2. The van der Waals surface area contributed by atoms with Crippen molar-refractivity contribution in [2.45, 2.75) is 39.7 Å². The van der Waals surface area contributed by atoms with Gasteiger partial charge >= 0.3 is 17.9 Å². The number of fused-ring (bicyclic) bond motifs is 1. The van der Waals surface area contributed by atoms with Gasteiger partial charge in [0.1, 0.15) is 12.7 Å². The van der Waals surface area contributed by atoms with Crippen LogP contribution in [0.3, 0.4) is 0 Å². The third-order valence-corrected chi connectivity index (χ3v) is 9.19. The predicted molar refractivity (Wildman–Crippen MR) is 174 cm³/mol. The van der Waals surface area contributed by atoms with Gasteiger partial charge in [0.2, 0.25) is 0 Å². The van der Waals surface area contributed by atoms with Gasteiger partial charge in [0, 0.05) is 42.2 Å². The fraction of sp³-hybridized carbons (Fsp3) is 0.361. The average molecular weight is 663 g/mol. The molecule has 256 valence electrons. The monoisotopic (exact) mass is 662 g/mol. The normalized spacial score (nSPS) is 25.6. The first kappa shape index (κ1) is 36.4. The summed E-state index contributed by atoms with van der Waals surface area (Å²) in [6.07, 6.45) is 12.0. The van der Waals surface area contributed by atoms with Crippen LogP contribution in [0.2, 0.25) is 0 Å². The van der Waals surface area contributed by atoms with Gasteiger partial charge in [0.25, 0.3) is 0 Å². The van der Waals surface area contributed by atoms with Crippen molar-refractivity contribution in [1.29, 1.82) is 0 Å². The van der Waals surface area contributed by atoms with Gasteiger partial charge in [-0.15, -0.1) is 0 Å². The number of nitrogens with one attached hydrogen (secondary N) is 2. The first-order valence-corrected chi connectivity index (χ1v) is 15.7. The number of hydrogen-bond acceptors (Lipinski definition) is 10. The van der Waals surface area contributed by atoms with Crippen LogP contribution >= 0.6 is 0 Å². The second kappa shape index (κ2) is 16.6. The maximum atomic E-state index is 13.2. The summed E-state index contributed by atoms with van der Waals surface area (Å²) < 4.78 is 16.3. The summed E-state index contributed by atoms with van der Waals surface area (Å²) in [5, 5.41) is 38.5. The van der Waals surface area contributed by atoms with Crippen LogP contribution < -0.4 is 10.5 Å². The van der Waals surface area contributed by atoms with E-state index in [1.165, 1.54) is 61.7 Å². The highest BCUT2D eigenvalue weighted by Crippen LogP contribution is 2.51. The summed E-state index contributed by atoms with van der Waals surface area (Å²) in [6.45, 7) is 6.21. The summed E-state index contributed by atoms with van der Waals surface area (Å²) in [5.41, 5.74) is 2.72. The largest absolute Gasteiger partial charge is 0.595 e. The second-order valence-electron chi connectivity index (χ2n) is 12.2. The van der Waals surface area contributed by atoms with Crippen molar-refractivity contribution in [3.8, 4) is 0 Å². The standard InChI is InChI=1S/C36H42N2O10/c1-22-9-18-31(48-36(41)26-12-16-28(17-13-26)38(44)45)30-21-24(3)33(29(34(22)30)7-5-6-8-32(39)46-4)23(2)19-20-47-35(40)25-10-14-27(15-11-25)37(42)43/h5-8,10-17,19,21-22,29-31,33-34,37-38,42,44H,9,18,20H2,1-4H3. The molecule has 48 heavy (non-hydrogen) atoms. The summed E-state index contributed by atoms with van der Waals surface area (Å²) in [7, 11) is 1.31. The van der Waals surface area contributed by atoms with Crippen molar-refractivity contribution >= 4 is 29.3 Å². The Kier molecular flexibility index (Phi) is 12.6. The number of benzene rings is 2. The van der Waals surface area contributed by atoms with Crippen LogP contribution in [0, 0.1) is 40.0 Å². The third-order valence-electron chi connectivity index (χ3n) is 9.19. The highest BCUT2D eigenvalue weighted by Gasteiger charge is 2.47. The minimum absolute atomic E-state index is 0.0123. The van der Waals surface area contributed by atoms with Crippen molar-refractivity contribution in [2.75, 3.05) is 13.7 Å². The highest BCUT2D eigenvalue weighted by atomic mass is 16.8. The molecule has 2 aliphatic rings. The van der Waals surface area contributed by atoms with Gasteiger partial charge in [-0.25, -0.2) is 24.8 Å². The molecule has 4 N–H and O–H groups in total. The molecule has 12 nitrogen and oxygen atoms in total. The molecular formula is C36H42N2O10. The molecule has 0 saturated heterocycles. The van der Waals surface area contributed by atoms with Crippen molar-refractivity contribution in [1.82, 2.24) is 0 Å². The number of esters is 3. The minimum Gasteiger partial charge on any atom is -0.595 e. The highest BCUT2D eigenvalue weighted by molar-refractivity contribution is 5.90. The average Bonchev–Trinajstić information content (AvgIpc) is 3.07. The van der Waals surface area contributed by atoms with E-state index in [0.717, 1.165) is 17.6 Å². The zero-order valence-corrected chi connectivity index (χ0v) is 27.3. The lowest BCUT2D eigenvalue weighted by Gasteiger charge is -2.49. The van der Waals surface area contributed by atoms with Crippen LogP contribution in [0.25, 0.3) is 0 Å². The van der Waals surface area contributed by atoms with E-state index >= 15 is 0 Å². The number of hydrogen-bond donors (Lipinski definition) is 4. The topological polar surface area (TPSA) is 174 Å². The fourth-order valence-corrected chi connectivity index (χ4v) is 6.82. The summed E-state index contributed by atoms with van der Waals surface area (Å²) >= 11 is 0. The number of methoxy groups -OCH3 is 1. The van der Waals surface area contributed by atoms with E-state index in [0.29, 0.717) is 6.42 Å². The van der Waals surface area contributed by atoms with Crippen LogP contribution in [0.1, 0.15) is 54.3 Å². The molecule has 4 rings (SSSR count). The Morgan fingerprint density at radius 1 is 0.917 bits per heavy atom. The first-order chi connectivity index (χ1) is 22.9. The Hall–Kier alpha value is -4.43. The number of carbonyl (C=O) groups excluding carboxylic acids is 3. The van der Waals surface area contributed by atoms with Crippen molar-refractivity contribution < 1.29 is 49.5 Å². The summed E-state index contributed by atoms with van der Waals surface area (Å²) in [4.78, 5) is 37.5. The van der Waals surface area contributed by atoms with Gasteiger partial charge in [-0.3, -0.25) is 0 Å². The van der Waals surface area contributed by atoms with E-state index in [1.807, 2.05) is 26.0 Å². The SMILES string of the molecule is COC(=O)C=CC=CC1C(C(C)=CCOC(=O)c2ccc([NH+]([O-])O)cc2)C(C)=CC2C(OC(=O)c3ccc([NH+]([O-])O)cc3)CCC(C)C21. The quantitative estimate of drug-likeness (QED) is 0.0689. The molecule has 0 heterocycles. The molecule has 2 aliphatic carbocycles. The molecule has 12 heteroatoms. The van der Waals surface area contributed by atoms with Crippen LogP contribution in [-0.2, 0) is 19.0 Å². The van der Waals surface area contributed by atoms with Crippen LogP contribution in [0.4, 0.5) is 11.4 Å². The van der Waals surface area contributed by atoms with Gasteiger partial charge < -0.3 is 24.6 Å². The zero-order chi connectivity index (χ0) is 35.0. The van der Waals surface area contributed by atoms with Crippen LogP contribution in [0.5, 0.6) is 0 Å². The number of allylic oxidation sites excluding steroid dienone is 5. The molecule has 0 aliphatic heterocycles. The van der Waals surface area contributed by atoms with E-state index in [4.69, 9.17) is 19.4 Å². The zero-order valence-electron chi connectivity index (χ0n) is 27.3. The predicted octanol–water partition coefficient (Wildman–Crippen LogP) is 3.96. The van der Waals surface area contributed by atoms with E-state index in [2.05, 4.69) is 19.1 Å². The Bertz CT molecular complexity index is 1560. The molecule has 1 saturated carbocycles. The molecular weight excluding hydrogens is 620 g/mol. The second-order valence-corrected chi connectivity index (χ2v) is 12.2. The van der Waals surface area contributed by atoms with Crippen molar-refractivity contribution in [2.24, 2.45) is 29.6 Å². The third kappa shape index (κ3) is 8.92. The maximum Gasteiger partial charge on any atom is 0.338 e. The summed E-state index contributed by atoms with van der Waals surface area (Å²) in [5.74, 6) is -1.43. The van der Waals surface area contributed by atoms with Crippen LogP contribution in [0.15, 0.2) is 96.1 Å². The molecule has 1 fully saturated rings. The lowest BCUT2D eigenvalue weighted by molar-refractivity contribution is -0.991. The molecule has 2 aromatic rings. The van der Waals surface area contributed by atoms with E-state index in [1.54, 1.807) is 6.08 Å². The van der Waals surface area contributed by atoms with Crippen molar-refractivity contribution in [3.05, 3.63) is 118 Å². The van der Waals surface area contributed by atoms with E-state index in [-0.39, 0.29) is 58.7 Å². The molecule has 0 aromatic heterocycles. The molecule has 0 spiro atoms. The molecule has 8 unspecified atom stereocenters. The van der Waals surface area contributed by atoms with E-state index in [9.17, 15) is 30.0 Å². The number of rotatable bonds is 11. The fourth-order valence-electron chi connectivity index (χ4n) is 6.82. The first-order valence-electron chi connectivity index (χ1n) is 15.7. The number of ether oxygens (including phenoxy) is 3. The van der Waals surface area contributed by atoms with Gasteiger partial charge in [-0.1, -0.05) is 42.4 Å². The lowest BCUT2D eigenvalue weighted by atomic mass is 9.57. The number of carbonyl (C=O) groups is 3. The van der Waals surface area contributed by atoms with Gasteiger partial charge in [-0.2, -0.15) is 10.5 Å². The van der Waals surface area contributed by atoms with Gasteiger partial charge in [0.15, 0.2) is 11.4 Å².